The molecule has 0 saturated carbocycles. The van der Waals surface area contributed by atoms with Gasteiger partial charge in [0.1, 0.15) is 6.10 Å². The fourth-order valence-corrected chi connectivity index (χ4v) is 3.23. The first-order chi connectivity index (χ1) is 12.3. The predicted octanol–water partition coefficient (Wildman–Crippen LogP) is 6.29. The molecule has 0 spiro atoms. The lowest BCUT2D eigenvalue weighted by Crippen LogP contribution is -2.20. The van der Waals surface area contributed by atoms with Gasteiger partial charge in [0, 0.05) is 15.6 Å². The number of benzene rings is 3. The highest BCUT2D eigenvalue weighted by Crippen LogP contribution is 2.41. The first-order valence-electron chi connectivity index (χ1n) is 8.29. The van der Waals surface area contributed by atoms with E-state index in [0.717, 1.165) is 15.6 Å². The molecule has 0 heterocycles. The van der Waals surface area contributed by atoms with Crippen LogP contribution < -0.4 is 0 Å². The monoisotopic (exact) mass is 416 g/mol. The van der Waals surface area contributed by atoms with Gasteiger partial charge >= 0.3 is 0 Å². The number of halogens is 3. The maximum atomic E-state index is 15.3. The summed E-state index contributed by atoms with van der Waals surface area (Å²) in [6.07, 6.45) is -1.12. The van der Waals surface area contributed by atoms with Crippen molar-refractivity contribution in [3.05, 3.63) is 105 Å². The minimum absolute atomic E-state index is 0.106. The Morgan fingerprint density at radius 2 is 1.46 bits per heavy atom. The van der Waals surface area contributed by atoms with E-state index < -0.39 is 12.0 Å². The summed E-state index contributed by atoms with van der Waals surface area (Å²) in [5, 5.41) is 10.8. The van der Waals surface area contributed by atoms with Crippen LogP contribution in [0, 0.1) is 13.8 Å². The quantitative estimate of drug-likeness (QED) is 0.529. The van der Waals surface area contributed by atoms with Crippen LogP contribution in [0.4, 0.5) is 8.78 Å². The van der Waals surface area contributed by atoms with E-state index in [1.165, 1.54) is 18.2 Å². The Kier molecular flexibility index (Phi) is 5.26. The van der Waals surface area contributed by atoms with Crippen LogP contribution in [-0.4, -0.2) is 5.11 Å². The highest BCUT2D eigenvalue weighted by Gasteiger charge is 2.38. The van der Waals surface area contributed by atoms with Crippen molar-refractivity contribution in [2.75, 3.05) is 0 Å². The van der Waals surface area contributed by atoms with E-state index in [9.17, 15) is 5.11 Å². The minimum atomic E-state index is -3.22. The summed E-state index contributed by atoms with van der Waals surface area (Å²) in [7, 11) is 0. The van der Waals surface area contributed by atoms with Gasteiger partial charge < -0.3 is 5.11 Å². The predicted molar refractivity (Wildman–Crippen MR) is 104 cm³/mol. The maximum absolute atomic E-state index is 15.3. The lowest BCUT2D eigenvalue weighted by atomic mass is 9.87. The molecule has 26 heavy (non-hydrogen) atoms. The summed E-state index contributed by atoms with van der Waals surface area (Å²) in [5.41, 5.74) is 2.17. The van der Waals surface area contributed by atoms with Gasteiger partial charge in [-0.1, -0.05) is 64.5 Å². The molecular weight excluding hydrogens is 398 g/mol. The molecule has 0 bridgehead atoms. The molecule has 3 rings (SSSR count). The van der Waals surface area contributed by atoms with Crippen molar-refractivity contribution in [3.8, 4) is 0 Å². The van der Waals surface area contributed by atoms with Gasteiger partial charge in [-0.05, 0) is 54.3 Å². The molecule has 0 aliphatic heterocycles. The van der Waals surface area contributed by atoms with Crippen LogP contribution in [-0.2, 0) is 5.92 Å². The third-order valence-corrected chi connectivity index (χ3v) is 5.15. The van der Waals surface area contributed by atoms with Gasteiger partial charge in [0.05, 0.1) is 0 Å². The molecule has 4 heteroatoms. The largest absolute Gasteiger partial charge is 0.384 e. The highest BCUT2D eigenvalue weighted by atomic mass is 79.9. The molecule has 1 atom stereocenters. The number of alkyl halides is 2. The van der Waals surface area contributed by atoms with Crippen molar-refractivity contribution >= 4 is 15.9 Å². The summed E-state index contributed by atoms with van der Waals surface area (Å²) < 4.78 is 31.4. The van der Waals surface area contributed by atoms with Gasteiger partial charge in [0.25, 0.3) is 5.92 Å². The number of aliphatic hydroxyl groups excluding tert-OH is 1. The molecule has 0 amide bonds. The van der Waals surface area contributed by atoms with Gasteiger partial charge in [0.2, 0.25) is 0 Å². The molecule has 0 aliphatic carbocycles. The van der Waals surface area contributed by atoms with Gasteiger partial charge in [-0.2, -0.15) is 8.78 Å². The topological polar surface area (TPSA) is 20.2 Å². The van der Waals surface area contributed by atoms with Crippen LogP contribution in [0.2, 0.25) is 0 Å². The Labute approximate surface area is 160 Å². The van der Waals surface area contributed by atoms with E-state index in [1.807, 2.05) is 13.0 Å². The van der Waals surface area contributed by atoms with Gasteiger partial charge in [-0.15, -0.1) is 0 Å². The van der Waals surface area contributed by atoms with Crippen molar-refractivity contribution in [2.24, 2.45) is 0 Å². The lowest BCUT2D eigenvalue weighted by Gasteiger charge is -2.25. The smallest absolute Gasteiger partial charge is 0.298 e. The molecule has 1 unspecified atom stereocenters. The van der Waals surface area contributed by atoms with Crippen molar-refractivity contribution in [2.45, 2.75) is 25.9 Å². The van der Waals surface area contributed by atoms with Crippen molar-refractivity contribution in [3.63, 3.8) is 0 Å². The second-order valence-corrected chi connectivity index (χ2v) is 7.33. The van der Waals surface area contributed by atoms with Crippen LogP contribution in [0.25, 0.3) is 0 Å². The van der Waals surface area contributed by atoms with Gasteiger partial charge in [0.15, 0.2) is 0 Å². The summed E-state index contributed by atoms with van der Waals surface area (Å²) in [6.45, 7) is 3.66. The Balaban J connectivity index is 2.17. The van der Waals surface area contributed by atoms with E-state index in [0.29, 0.717) is 5.56 Å². The van der Waals surface area contributed by atoms with Crippen LogP contribution in [0.5, 0.6) is 0 Å². The SMILES string of the molecule is Cc1cc(C(O)c2ccccc2)c(C(F)(F)c2ccc(Br)cc2)cc1C. The first-order valence-corrected chi connectivity index (χ1v) is 9.08. The van der Waals surface area contributed by atoms with Gasteiger partial charge in [-0.3, -0.25) is 0 Å². The zero-order valence-electron chi connectivity index (χ0n) is 14.5. The lowest BCUT2D eigenvalue weighted by molar-refractivity contribution is 0.0393. The Morgan fingerprint density at radius 1 is 0.885 bits per heavy atom. The minimum Gasteiger partial charge on any atom is -0.384 e. The molecule has 0 aromatic heterocycles. The number of aryl methyl sites for hydroxylation is 2. The molecular formula is C22H19BrF2O. The molecule has 0 radical (unpaired) electrons. The standard InChI is InChI=1S/C22H19BrF2O/c1-14-12-19(21(26)16-6-4-3-5-7-16)20(13-15(14)2)22(24,25)17-8-10-18(23)11-9-17/h3-13,21,26H,1-2H3. The van der Waals surface area contributed by atoms with E-state index in [2.05, 4.69) is 15.9 Å². The maximum Gasteiger partial charge on any atom is 0.298 e. The van der Waals surface area contributed by atoms with E-state index >= 15 is 8.78 Å². The molecule has 0 fully saturated rings. The van der Waals surface area contributed by atoms with Crippen LogP contribution in [0.1, 0.15) is 39.5 Å². The van der Waals surface area contributed by atoms with Crippen molar-refractivity contribution in [1.29, 1.82) is 0 Å². The molecule has 0 aliphatic rings. The number of aliphatic hydroxyl groups is 1. The molecule has 134 valence electrons. The third-order valence-electron chi connectivity index (χ3n) is 4.62. The van der Waals surface area contributed by atoms with Crippen LogP contribution in [0.3, 0.4) is 0 Å². The normalized spacial score (nSPS) is 12.8. The number of hydrogen-bond acceptors (Lipinski definition) is 1. The van der Waals surface area contributed by atoms with Gasteiger partial charge in [-0.25, -0.2) is 0 Å². The molecule has 3 aromatic rings. The molecule has 3 aromatic carbocycles. The fourth-order valence-electron chi connectivity index (χ4n) is 2.97. The Bertz CT molecular complexity index is 905. The average molecular weight is 417 g/mol. The summed E-state index contributed by atoms with van der Waals surface area (Å²) in [5.74, 6) is -3.22. The number of rotatable bonds is 4. The van der Waals surface area contributed by atoms with Crippen molar-refractivity contribution < 1.29 is 13.9 Å². The van der Waals surface area contributed by atoms with Crippen LogP contribution in [0.15, 0.2) is 71.2 Å². The average Bonchev–Trinajstić information content (AvgIpc) is 2.64. The Morgan fingerprint density at radius 3 is 2.08 bits per heavy atom. The van der Waals surface area contributed by atoms with E-state index in [-0.39, 0.29) is 16.7 Å². The van der Waals surface area contributed by atoms with Crippen LogP contribution >= 0.6 is 15.9 Å². The van der Waals surface area contributed by atoms with E-state index in [4.69, 9.17) is 0 Å². The van der Waals surface area contributed by atoms with Crippen molar-refractivity contribution in [1.82, 2.24) is 0 Å². The summed E-state index contributed by atoms with van der Waals surface area (Å²) in [4.78, 5) is 0. The zero-order valence-corrected chi connectivity index (χ0v) is 16.1. The first kappa shape index (κ1) is 18.7. The summed E-state index contributed by atoms with van der Waals surface area (Å²) >= 11 is 3.27. The zero-order chi connectivity index (χ0) is 18.9. The summed E-state index contributed by atoms with van der Waals surface area (Å²) in [6, 6.07) is 18.0. The second-order valence-electron chi connectivity index (χ2n) is 6.42. The molecule has 1 nitrogen and oxygen atoms in total. The second kappa shape index (κ2) is 7.29. The Hall–Kier alpha value is -2.04. The van der Waals surface area contributed by atoms with E-state index in [1.54, 1.807) is 49.4 Å². The third kappa shape index (κ3) is 3.57. The fraction of sp³-hybridized carbons (Fsp3) is 0.182. The molecule has 1 N–H and O–H groups in total. The number of hydrogen-bond donors (Lipinski definition) is 1. The molecule has 0 saturated heterocycles. The highest BCUT2D eigenvalue weighted by molar-refractivity contribution is 9.10.